The Morgan fingerprint density at radius 2 is 1.90 bits per heavy atom. The van der Waals surface area contributed by atoms with Gasteiger partial charge in [-0.05, 0) is 55.3 Å². The highest BCUT2D eigenvalue weighted by molar-refractivity contribution is 5.94. The molecule has 0 radical (unpaired) electrons. The minimum atomic E-state index is -1.01. The minimum Gasteiger partial charge on any atom is -0.491 e. The number of ether oxygens (including phenoxy) is 2. The van der Waals surface area contributed by atoms with Gasteiger partial charge >= 0.3 is 5.97 Å². The number of benzene rings is 1. The Kier molecular flexibility index (Phi) is 8.35. The van der Waals surface area contributed by atoms with Crippen molar-refractivity contribution >= 4 is 52.8 Å². The number of methoxy groups -OCH3 is 2. The number of hydrogen-bond donors (Lipinski definition) is 3. The molecule has 1 unspecified atom stereocenters. The summed E-state index contributed by atoms with van der Waals surface area (Å²) in [5, 5.41) is 19.6. The van der Waals surface area contributed by atoms with Crippen molar-refractivity contribution in [3.05, 3.63) is 60.6 Å². The third-order valence-corrected chi connectivity index (χ3v) is 6.42. The third kappa shape index (κ3) is 5.96. The van der Waals surface area contributed by atoms with Gasteiger partial charge in [0.25, 0.3) is 5.88 Å². The molecule has 3 aromatic heterocycles. The van der Waals surface area contributed by atoms with E-state index in [1.807, 2.05) is 12.3 Å². The third-order valence-electron chi connectivity index (χ3n) is 6.42. The summed E-state index contributed by atoms with van der Waals surface area (Å²) in [7, 11) is 3.08. The predicted molar refractivity (Wildman–Crippen MR) is 148 cm³/mol. The average Bonchev–Trinajstić information content (AvgIpc) is 3.42. The highest BCUT2D eigenvalue weighted by Gasteiger charge is 2.27. The molecular formula is C26H28ClN7O5. The van der Waals surface area contributed by atoms with Crippen LogP contribution in [0.5, 0.6) is 11.6 Å². The van der Waals surface area contributed by atoms with Crippen molar-refractivity contribution in [2.24, 2.45) is 5.92 Å². The molecule has 1 atom stereocenters. The van der Waals surface area contributed by atoms with E-state index in [1.165, 1.54) is 25.6 Å². The standard InChI is InChI=1S/C26H27N7O5.ClH/c1-37-21-9-10-22(31-25(21)38-2)30-20-12-19(14-33-23(20)27-15-28-33)32-11-3-4-17(13-32)24(34)29-18-7-5-16(6-8-18)26(35)36;/h5-10,12,14-15,17H,3-4,11,13H2,1-2H3,(H,29,34)(H,30,31)(H,35,36);1H. The molecule has 1 aliphatic heterocycles. The van der Waals surface area contributed by atoms with E-state index in [1.54, 1.807) is 35.9 Å². The fourth-order valence-electron chi connectivity index (χ4n) is 4.48. The Labute approximate surface area is 230 Å². The van der Waals surface area contributed by atoms with Gasteiger partial charge in [-0.2, -0.15) is 10.1 Å². The molecule has 1 aromatic carbocycles. The fourth-order valence-corrected chi connectivity index (χ4v) is 4.48. The van der Waals surface area contributed by atoms with Crippen molar-refractivity contribution in [3.63, 3.8) is 0 Å². The number of carboxylic acids is 1. The first-order chi connectivity index (χ1) is 18.4. The number of halogens is 1. The second-order valence-electron chi connectivity index (χ2n) is 8.83. The number of carboxylic acid groups (broad SMARTS) is 1. The van der Waals surface area contributed by atoms with Crippen LogP contribution in [-0.2, 0) is 4.79 Å². The minimum absolute atomic E-state index is 0. The Morgan fingerprint density at radius 1 is 1.10 bits per heavy atom. The predicted octanol–water partition coefficient (Wildman–Crippen LogP) is 3.86. The molecule has 1 fully saturated rings. The van der Waals surface area contributed by atoms with E-state index in [-0.39, 0.29) is 29.8 Å². The molecule has 4 heterocycles. The second-order valence-corrected chi connectivity index (χ2v) is 8.83. The van der Waals surface area contributed by atoms with Crippen LogP contribution >= 0.6 is 12.4 Å². The van der Waals surface area contributed by atoms with Gasteiger partial charge in [-0.1, -0.05) is 0 Å². The van der Waals surface area contributed by atoms with Crippen molar-refractivity contribution in [3.8, 4) is 11.6 Å². The summed E-state index contributed by atoms with van der Waals surface area (Å²) in [6.45, 7) is 1.30. The zero-order valence-corrected chi connectivity index (χ0v) is 22.1. The van der Waals surface area contributed by atoms with Crippen LogP contribution in [0.2, 0.25) is 0 Å². The van der Waals surface area contributed by atoms with E-state index in [2.05, 4.69) is 30.6 Å². The maximum atomic E-state index is 13.0. The van der Waals surface area contributed by atoms with E-state index < -0.39 is 5.97 Å². The van der Waals surface area contributed by atoms with Crippen LogP contribution in [0.4, 0.5) is 22.9 Å². The maximum Gasteiger partial charge on any atom is 0.335 e. The average molecular weight is 554 g/mol. The van der Waals surface area contributed by atoms with Crippen molar-refractivity contribution in [2.45, 2.75) is 12.8 Å². The summed E-state index contributed by atoms with van der Waals surface area (Å²) in [6.07, 6.45) is 4.96. The number of amides is 1. The fraction of sp³-hybridized carbons (Fsp3) is 0.269. The SMILES string of the molecule is COc1ccc(Nc2cc(N3CCCC(C(=O)Nc4ccc(C(=O)O)cc4)C3)cn3ncnc23)nc1OC.Cl. The van der Waals surface area contributed by atoms with Crippen molar-refractivity contribution in [1.29, 1.82) is 0 Å². The van der Waals surface area contributed by atoms with Crippen molar-refractivity contribution in [2.75, 3.05) is 42.8 Å². The zero-order valence-electron chi connectivity index (χ0n) is 21.3. The molecule has 12 nitrogen and oxygen atoms in total. The van der Waals surface area contributed by atoms with Crippen molar-refractivity contribution < 1.29 is 24.2 Å². The number of rotatable bonds is 8. The van der Waals surface area contributed by atoms with E-state index >= 15 is 0 Å². The molecular weight excluding hydrogens is 526 g/mol. The normalized spacial score (nSPS) is 14.8. The lowest BCUT2D eigenvalue weighted by Gasteiger charge is -2.34. The van der Waals surface area contributed by atoms with Gasteiger partial charge in [0.1, 0.15) is 12.1 Å². The largest absolute Gasteiger partial charge is 0.491 e. The molecule has 0 bridgehead atoms. The van der Waals surface area contributed by atoms with Crippen LogP contribution < -0.4 is 25.0 Å². The summed E-state index contributed by atoms with van der Waals surface area (Å²) in [5.41, 5.74) is 2.94. The Bertz CT molecular complexity index is 1480. The van der Waals surface area contributed by atoms with Crippen LogP contribution in [0.1, 0.15) is 23.2 Å². The first kappa shape index (κ1) is 27.5. The first-order valence-corrected chi connectivity index (χ1v) is 12.0. The molecule has 39 heavy (non-hydrogen) atoms. The van der Waals surface area contributed by atoms with Gasteiger partial charge in [0.2, 0.25) is 5.91 Å². The van der Waals surface area contributed by atoms with Gasteiger partial charge in [-0.25, -0.2) is 14.3 Å². The van der Waals surface area contributed by atoms with Crippen LogP contribution in [0.15, 0.2) is 55.0 Å². The molecule has 5 rings (SSSR count). The van der Waals surface area contributed by atoms with Crippen LogP contribution in [0.3, 0.4) is 0 Å². The van der Waals surface area contributed by atoms with Gasteiger partial charge in [-0.15, -0.1) is 12.4 Å². The molecule has 4 aromatic rings. The molecule has 0 saturated carbocycles. The number of piperidine rings is 1. The lowest BCUT2D eigenvalue weighted by molar-refractivity contribution is -0.120. The molecule has 0 spiro atoms. The monoisotopic (exact) mass is 553 g/mol. The Hall–Kier alpha value is -4.58. The van der Waals surface area contributed by atoms with Gasteiger partial charge < -0.3 is 30.1 Å². The van der Waals surface area contributed by atoms with E-state index in [0.29, 0.717) is 41.0 Å². The number of hydrogen-bond acceptors (Lipinski definition) is 9. The topological polar surface area (TPSA) is 143 Å². The van der Waals surface area contributed by atoms with Gasteiger partial charge in [0.15, 0.2) is 11.4 Å². The number of nitrogens with one attached hydrogen (secondary N) is 2. The van der Waals surface area contributed by atoms with E-state index in [9.17, 15) is 9.59 Å². The maximum absolute atomic E-state index is 13.0. The van der Waals surface area contributed by atoms with Crippen LogP contribution in [0.25, 0.3) is 5.65 Å². The quantitative estimate of drug-likeness (QED) is 0.294. The van der Waals surface area contributed by atoms with E-state index in [4.69, 9.17) is 14.6 Å². The summed E-state index contributed by atoms with van der Waals surface area (Å²) in [5.74, 6) is 0.0784. The number of carbonyl (C=O) groups is 2. The molecule has 0 aliphatic carbocycles. The summed E-state index contributed by atoms with van der Waals surface area (Å²) < 4.78 is 12.3. The second kappa shape index (κ2) is 11.9. The Morgan fingerprint density at radius 3 is 2.62 bits per heavy atom. The van der Waals surface area contributed by atoms with Crippen molar-refractivity contribution in [1.82, 2.24) is 19.6 Å². The number of aromatic carboxylic acids is 1. The molecule has 3 N–H and O–H groups in total. The Balaban J connectivity index is 0.00000353. The molecule has 204 valence electrons. The smallest absolute Gasteiger partial charge is 0.335 e. The summed E-state index contributed by atoms with van der Waals surface area (Å²) >= 11 is 0. The summed E-state index contributed by atoms with van der Waals surface area (Å²) in [6, 6.07) is 11.7. The van der Waals surface area contributed by atoms with E-state index in [0.717, 1.165) is 25.1 Å². The molecule has 1 aliphatic rings. The highest BCUT2D eigenvalue weighted by Crippen LogP contribution is 2.31. The summed E-state index contributed by atoms with van der Waals surface area (Å²) in [4.78, 5) is 35.1. The molecule has 13 heteroatoms. The zero-order chi connectivity index (χ0) is 26.6. The number of aromatic nitrogens is 4. The van der Waals surface area contributed by atoms with Gasteiger partial charge in [-0.3, -0.25) is 4.79 Å². The first-order valence-electron chi connectivity index (χ1n) is 12.0. The molecule has 1 saturated heterocycles. The number of pyridine rings is 2. The number of carbonyl (C=O) groups excluding carboxylic acids is 1. The molecule has 1 amide bonds. The van der Waals surface area contributed by atoms with Gasteiger partial charge in [0, 0.05) is 18.8 Å². The van der Waals surface area contributed by atoms with Crippen LogP contribution in [0, 0.1) is 5.92 Å². The number of nitrogens with zero attached hydrogens (tertiary/aromatic N) is 5. The number of fused-ring (bicyclic) bond motifs is 1. The van der Waals surface area contributed by atoms with Crippen LogP contribution in [-0.4, -0.2) is 63.9 Å². The lowest BCUT2D eigenvalue weighted by atomic mass is 9.96. The highest BCUT2D eigenvalue weighted by atomic mass is 35.5. The number of anilines is 4. The lowest BCUT2D eigenvalue weighted by Crippen LogP contribution is -2.40. The van der Waals surface area contributed by atoms with Gasteiger partial charge in [0.05, 0.1) is 43.3 Å².